The van der Waals surface area contributed by atoms with E-state index in [1.54, 1.807) is 0 Å². The molecule has 0 saturated carbocycles. The Bertz CT molecular complexity index is 213. The van der Waals surface area contributed by atoms with E-state index in [1.807, 2.05) is 42.4 Å². The van der Waals surface area contributed by atoms with Gasteiger partial charge in [0.15, 0.2) is 0 Å². The van der Waals surface area contributed by atoms with Crippen LogP contribution in [0.4, 0.5) is 5.69 Å². The first-order chi connectivity index (χ1) is 5.22. The third kappa shape index (κ3) is 2.32. The fourth-order valence-corrected chi connectivity index (χ4v) is 0.954. The maximum atomic E-state index is 4.03. The zero-order chi connectivity index (χ0) is 8.27. The summed E-state index contributed by atoms with van der Waals surface area (Å²) in [6, 6.07) is 9.88. The fraction of sp³-hybridized carbons (Fsp3) is 0.143. The second-order valence-corrected chi connectivity index (χ2v) is 3.20. The Morgan fingerprint density at radius 3 is 2.09 bits per heavy atom. The van der Waals surface area contributed by atoms with Crippen LogP contribution in [-0.2, 0) is 0 Å². The molecule has 2 nitrogen and oxygen atoms in total. The van der Waals surface area contributed by atoms with Gasteiger partial charge in [0.05, 0.1) is 5.69 Å². The number of para-hydroxylation sites is 1. The summed E-state index contributed by atoms with van der Waals surface area (Å²) in [5, 5.41) is 1.81. The number of benzene rings is 1. The Morgan fingerprint density at radius 2 is 1.64 bits per heavy atom. The van der Waals surface area contributed by atoms with Crippen molar-refractivity contribution in [1.29, 1.82) is 0 Å². The van der Waals surface area contributed by atoms with Crippen molar-refractivity contribution in [3.8, 4) is 0 Å². The molecule has 1 aromatic rings. The number of rotatable bonds is 2. The summed E-state index contributed by atoms with van der Waals surface area (Å²) in [7, 11) is 1.88. The van der Waals surface area contributed by atoms with Crippen molar-refractivity contribution < 1.29 is 0 Å². The first-order valence-electron chi connectivity index (χ1n) is 3.18. The maximum Gasteiger partial charge on any atom is 0.0536 e. The monoisotopic (exact) mass is 186 g/mol. The first kappa shape index (κ1) is 8.77. The van der Waals surface area contributed by atoms with Crippen LogP contribution in [0.3, 0.4) is 0 Å². The molecule has 0 aliphatic rings. The molecule has 0 saturated heterocycles. The van der Waals surface area contributed by atoms with Crippen LogP contribution in [-0.4, -0.2) is 10.9 Å². The van der Waals surface area contributed by atoms with E-state index in [0.29, 0.717) is 0 Å². The summed E-state index contributed by atoms with van der Waals surface area (Å²) in [4.78, 5) is 0. The lowest BCUT2D eigenvalue weighted by Gasteiger charge is -2.23. The van der Waals surface area contributed by atoms with Crippen LogP contribution in [0.5, 0.6) is 0 Å². The summed E-state index contributed by atoms with van der Waals surface area (Å²) in [6.45, 7) is 0. The number of nitrogens with zero attached hydrogens (tertiary/aromatic N) is 2. The molecule has 0 unspecified atom stereocenters. The largest absolute Gasteiger partial charge is 0.290 e. The highest BCUT2D eigenvalue weighted by molar-refractivity contribution is 7.93. The van der Waals surface area contributed by atoms with Gasteiger partial charge < -0.3 is 0 Å². The maximum absolute atomic E-state index is 4.03. The normalized spacial score (nSPS) is 10.2. The number of hydrazine groups is 1. The molecule has 0 N–H and O–H groups in total. The molecule has 0 bridgehead atoms. The van der Waals surface area contributed by atoms with E-state index < -0.39 is 0 Å². The lowest BCUT2D eigenvalue weighted by molar-refractivity contribution is 0.734. The average Bonchev–Trinajstić information content (AvgIpc) is 2.05. The van der Waals surface area contributed by atoms with Gasteiger partial charge in [-0.15, -0.1) is 3.82 Å². The number of anilines is 1. The molecule has 0 spiro atoms. The number of hydrogen-bond acceptors (Lipinski definition) is 4. The summed E-state index contributed by atoms with van der Waals surface area (Å²) in [5.41, 5.74) is 1.05. The number of hydrogen-bond donors (Lipinski definition) is 2. The van der Waals surface area contributed by atoms with Crippen molar-refractivity contribution in [3.63, 3.8) is 0 Å². The Kier molecular flexibility index (Phi) is 3.11. The second-order valence-electron chi connectivity index (χ2n) is 2.13. The van der Waals surface area contributed by atoms with Crippen molar-refractivity contribution in [2.45, 2.75) is 0 Å². The predicted molar refractivity (Wildman–Crippen MR) is 54.7 cm³/mol. The summed E-state index contributed by atoms with van der Waals surface area (Å²) < 4.78 is 1.43. The van der Waals surface area contributed by atoms with Crippen LogP contribution < -0.4 is 5.01 Å². The highest BCUT2D eigenvalue weighted by Gasteiger charge is 2.01. The Morgan fingerprint density at radius 1 is 1.09 bits per heavy atom. The molecule has 0 aromatic heterocycles. The quantitative estimate of drug-likeness (QED) is 0.539. The summed E-state index contributed by atoms with van der Waals surface area (Å²) in [6.07, 6.45) is 0. The number of thiol groups is 2. The molecule has 0 amide bonds. The van der Waals surface area contributed by atoms with Crippen molar-refractivity contribution in [3.05, 3.63) is 30.3 Å². The van der Waals surface area contributed by atoms with Crippen LogP contribution in [0.1, 0.15) is 0 Å². The van der Waals surface area contributed by atoms with Gasteiger partial charge in [-0.1, -0.05) is 43.8 Å². The molecular formula is C7H10N2S2. The van der Waals surface area contributed by atoms with Crippen LogP contribution in [0.25, 0.3) is 0 Å². The van der Waals surface area contributed by atoms with Gasteiger partial charge in [-0.05, 0) is 12.1 Å². The average molecular weight is 186 g/mol. The highest BCUT2D eigenvalue weighted by Crippen LogP contribution is 2.15. The van der Waals surface area contributed by atoms with Gasteiger partial charge >= 0.3 is 0 Å². The lowest BCUT2D eigenvalue weighted by atomic mass is 10.3. The smallest absolute Gasteiger partial charge is 0.0536 e. The van der Waals surface area contributed by atoms with Gasteiger partial charge in [0.25, 0.3) is 0 Å². The topological polar surface area (TPSA) is 6.48 Å². The van der Waals surface area contributed by atoms with Crippen LogP contribution in [0, 0.1) is 0 Å². The predicted octanol–water partition coefficient (Wildman–Crippen LogP) is 2.03. The SMILES string of the molecule is CN(c1ccccc1)N(S)S. The molecule has 1 aromatic carbocycles. The van der Waals surface area contributed by atoms with E-state index in [2.05, 4.69) is 25.6 Å². The Balaban J connectivity index is 2.77. The highest BCUT2D eigenvalue weighted by atomic mass is 32.2. The van der Waals surface area contributed by atoms with Crippen molar-refractivity contribution in [2.75, 3.05) is 12.1 Å². The lowest BCUT2D eigenvalue weighted by Crippen LogP contribution is -2.24. The van der Waals surface area contributed by atoms with Gasteiger partial charge in [0.1, 0.15) is 0 Å². The molecule has 11 heavy (non-hydrogen) atoms. The molecule has 4 heteroatoms. The molecule has 1 rings (SSSR count). The molecule has 0 heterocycles. The van der Waals surface area contributed by atoms with Crippen molar-refractivity contribution in [1.82, 2.24) is 3.82 Å². The minimum absolute atomic E-state index is 1.05. The Hall–Kier alpha value is -0.320. The third-order valence-electron chi connectivity index (χ3n) is 1.40. The third-order valence-corrected chi connectivity index (χ3v) is 1.93. The molecule has 0 aliphatic heterocycles. The summed E-state index contributed by atoms with van der Waals surface area (Å²) in [5.74, 6) is 0. The van der Waals surface area contributed by atoms with E-state index in [0.717, 1.165) is 5.69 Å². The van der Waals surface area contributed by atoms with Gasteiger partial charge in [-0.2, -0.15) is 0 Å². The van der Waals surface area contributed by atoms with Crippen LogP contribution in [0.15, 0.2) is 30.3 Å². The van der Waals surface area contributed by atoms with Crippen molar-refractivity contribution in [2.24, 2.45) is 0 Å². The fourth-order valence-electron chi connectivity index (χ4n) is 0.747. The standard InChI is InChI=1S/C7H10N2S2/c1-8(9(10)11)7-5-3-2-4-6-7/h2-6,10-11H,1H3. The molecule has 0 fully saturated rings. The molecule has 0 atom stereocenters. The minimum Gasteiger partial charge on any atom is -0.290 e. The second kappa shape index (κ2) is 3.90. The summed E-state index contributed by atoms with van der Waals surface area (Å²) >= 11 is 8.06. The van der Waals surface area contributed by atoms with E-state index >= 15 is 0 Å². The van der Waals surface area contributed by atoms with E-state index in [1.165, 1.54) is 3.82 Å². The molecule has 0 radical (unpaired) electrons. The zero-order valence-corrected chi connectivity index (χ0v) is 7.96. The van der Waals surface area contributed by atoms with Crippen LogP contribution in [0.2, 0.25) is 0 Å². The van der Waals surface area contributed by atoms with Gasteiger partial charge in [0.2, 0.25) is 0 Å². The minimum atomic E-state index is 1.05. The van der Waals surface area contributed by atoms with Gasteiger partial charge in [-0.3, -0.25) is 5.01 Å². The van der Waals surface area contributed by atoms with Gasteiger partial charge in [-0.25, -0.2) is 0 Å². The molecular weight excluding hydrogens is 176 g/mol. The van der Waals surface area contributed by atoms with E-state index in [4.69, 9.17) is 0 Å². The molecule has 0 aliphatic carbocycles. The Labute approximate surface area is 77.9 Å². The van der Waals surface area contributed by atoms with E-state index in [9.17, 15) is 0 Å². The van der Waals surface area contributed by atoms with Gasteiger partial charge in [0, 0.05) is 7.05 Å². The zero-order valence-electron chi connectivity index (χ0n) is 6.18. The first-order valence-corrected chi connectivity index (χ1v) is 3.98. The molecule has 60 valence electrons. The van der Waals surface area contributed by atoms with E-state index in [-0.39, 0.29) is 0 Å². The van der Waals surface area contributed by atoms with Crippen LogP contribution >= 0.6 is 25.6 Å². The van der Waals surface area contributed by atoms with Crippen molar-refractivity contribution >= 4 is 31.3 Å².